The van der Waals surface area contributed by atoms with E-state index in [1.807, 2.05) is 6.07 Å². The summed E-state index contributed by atoms with van der Waals surface area (Å²) in [6.45, 7) is 2.41. The van der Waals surface area contributed by atoms with Gasteiger partial charge in [0.1, 0.15) is 0 Å². The van der Waals surface area contributed by atoms with Crippen LogP contribution in [0, 0.1) is 12.9 Å². The highest BCUT2D eigenvalue weighted by Gasteiger charge is 2.20. The van der Waals surface area contributed by atoms with Gasteiger partial charge in [0.2, 0.25) is 5.95 Å². The number of nitrogens with one attached hydrogen (secondary N) is 1. The minimum absolute atomic E-state index is 0.352. The van der Waals surface area contributed by atoms with Crippen LogP contribution in [0.25, 0.3) is 0 Å². The number of aromatic nitrogens is 1. The highest BCUT2D eigenvalue weighted by atomic mass is 19.1. The molecule has 1 N–H and O–H groups in total. The fourth-order valence-electron chi connectivity index (χ4n) is 1.18. The molecule has 3 heteroatoms. The van der Waals surface area contributed by atoms with E-state index in [1.54, 1.807) is 13.0 Å². The van der Waals surface area contributed by atoms with Crippen molar-refractivity contribution in [1.29, 1.82) is 0 Å². The van der Waals surface area contributed by atoms with Crippen LogP contribution in [0.5, 0.6) is 0 Å². The van der Waals surface area contributed by atoms with E-state index in [9.17, 15) is 4.39 Å². The van der Waals surface area contributed by atoms with Crippen LogP contribution in [-0.4, -0.2) is 11.0 Å². The highest BCUT2D eigenvalue weighted by Crippen LogP contribution is 2.19. The van der Waals surface area contributed by atoms with Crippen molar-refractivity contribution < 1.29 is 4.39 Å². The van der Waals surface area contributed by atoms with Crippen molar-refractivity contribution in [2.24, 2.45) is 0 Å². The van der Waals surface area contributed by atoms with E-state index in [0.29, 0.717) is 18.2 Å². The molecule has 1 fully saturated rings. The third kappa shape index (κ3) is 2.25. The van der Waals surface area contributed by atoms with Crippen molar-refractivity contribution in [3.63, 3.8) is 0 Å². The minimum Gasteiger partial charge on any atom is -0.308 e. The Bertz CT molecular complexity index is 308. The molecular formula is C10H13FN2. The monoisotopic (exact) mass is 180 g/mol. The van der Waals surface area contributed by atoms with E-state index >= 15 is 0 Å². The lowest BCUT2D eigenvalue weighted by molar-refractivity contribution is 0.559. The second kappa shape index (κ2) is 3.42. The molecule has 0 aliphatic heterocycles. The van der Waals surface area contributed by atoms with Crippen LogP contribution < -0.4 is 5.32 Å². The van der Waals surface area contributed by atoms with Gasteiger partial charge in [-0.25, -0.2) is 4.98 Å². The van der Waals surface area contributed by atoms with E-state index in [1.165, 1.54) is 12.8 Å². The first-order valence-corrected chi connectivity index (χ1v) is 4.61. The second-order valence-corrected chi connectivity index (χ2v) is 3.57. The van der Waals surface area contributed by atoms with E-state index in [-0.39, 0.29) is 5.95 Å². The van der Waals surface area contributed by atoms with Gasteiger partial charge in [0.25, 0.3) is 0 Å². The molecule has 1 aromatic heterocycles. The van der Waals surface area contributed by atoms with Crippen LogP contribution in [0.4, 0.5) is 4.39 Å². The maximum atomic E-state index is 13.0. The molecule has 0 saturated heterocycles. The molecule has 70 valence electrons. The molecule has 0 atom stereocenters. The van der Waals surface area contributed by atoms with Gasteiger partial charge >= 0.3 is 0 Å². The van der Waals surface area contributed by atoms with Gasteiger partial charge < -0.3 is 5.32 Å². The minimum atomic E-state index is -0.352. The van der Waals surface area contributed by atoms with E-state index in [2.05, 4.69) is 10.3 Å². The highest BCUT2D eigenvalue weighted by molar-refractivity contribution is 5.14. The van der Waals surface area contributed by atoms with Gasteiger partial charge in [0.05, 0.1) is 5.69 Å². The standard InChI is InChI=1S/C10H13FN2/c1-7-2-3-9(13-10(7)11)6-12-8-4-5-8/h2-3,8,12H,4-6H2,1H3. The zero-order valence-corrected chi connectivity index (χ0v) is 7.68. The summed E-state index contributed by atoms with van der Waals surface area (Å²) in [5, 5.41) is 3.29. The van der Waals surface area contributed by atoms with Crippen molar-refractivity contribution >= 4 is 0 Å². The van der Waals surface area contributed by atoms with Gasteiger partial charge in [0, 0.05) is 18.2 Å². The molecule has 0 amide bonds. The zero-order valence-electron chi connectivity index (χ0n) is 7.68. The van der Waals surface area contributed by atoms with Crippen molar-refractivity contribution in [3.05, 3.63) is 29.3 Å². The summed E-state index contributed by atoms with van der Waals surface area (Å²) >= 11 is 0. The molecule has 1 aliphatic carbocycles. The molecule has 0 radical (unpaired) electrons. The molecule has 1 saturated carbocycles. The summed E-state index contributed by atoms with van der Waals surface area (Å²) in [4.78, 5) is 3.84. The van der Waals surface area contributed by atoms with Gasteiger partial charge in [-0.15, -0.1) is 0 Å². The lowest BCUT2D eigenvalue weighted by Gasteiger charge is -2.02. The Kier molecular flexibility index (Phi) is 2.27. The fourth-order valence-corrected chi connectivity index (χ4v) is 1.18. The first-order valence-electron chi connectivity index (χ1n) is 4.61. The largest absolute Gasteiger partial charge is 0.308 e. The van der Waals surface area contributed by atoms with E-state index in [4.69, 9.17) is 0 Å². The van der Waals surface area contributed by atoms with Gasteiger partial charge in [-0.1, -0.05) is 6.07 Å². The summed E-state index contributed by atoms with van der Waals surface area (Å²) in [5.41, 5.74) is 1.39. The van der Waals surface area contributed by atoms with Gasteiger partial charge in [-0.2, -0.15) is 4.39 Å². The molecular weight excluding hydrogens is 167 g/mol. The maximum absolute atomic E-state index is 13.0. The molecule has 0 unspecified atom stereocenters. The van der Waals surface area contributed by atoms with Crippen molar-refractivity contribution in [3.8, 4) is 0 Å². The smallest absolute Gasteiger partial charge is 0.216 e. The van der Waals surface area contributed by atoms with Crippen LogP contribution in [0.1, 0.15) is 24.1 Å². The molecule has 2 rings (SSSR count). The Labute approximate surface area is 77.2 Å². The SMILES string of the molecule is Cc1ccc(CNC2CC2)nc1F. The van der Waals surface area contributed by atoms with E-state index in [0.717, 1.165) is 5.69 Å². The number of rotatable bonds is 3. The van der Waals surface area contributed by atoms with Gasteiger partial charge in [0.15, 0.2) is 0 Å². The number of halogens is 1. The Morgan fingerprint density at radius 1 is 1.54 bits per heavy atom. The number of pyridine rings is 1. The van der Waals surface area contributed by atoms with Crippen molar-refractivity contribution in [2.45, 2.75) is 32.4 Å². The number of aryl methyl sites for hydroxylation is 1. The Morgan fingerprint density at radius 2 is 2.31 bits per heavy atom. The normalized spacial score (nSPS) is 16.2. The molecule has 1 aliphatic rings. The summed E-state index contributed by atoms with van der Waals surface area (Å²) in [5.74, 6) is -0.352. The zero-order chi connectivity index (χ0) is 9.26. The van der Waals surface area contributed by atoms with Gasteiger partial charge in [-0.05, 0) is 25.8 Å². The molecule has 1 aromatic rings. The predicted octanol–water partition coefficient (Wildman–Crippen LogP) is 1.78. The van der Waals surface area contributed by atoms with Crippen molar-refractivity contribution in [1.82, 2.24) is 10.3 Å². The molecule has 0 aromatic carbocycles. The number of hydrogen-bond donors (Lipinski definition) is 1. The molecule has 2 nitrogen and oxygen atoms in total. The quantitative estimate of drug-likeness (QED) is 0.717. The van der Waals surface area contributed by atoms with Crippen LogP contribution in [0.15, 0.2) is 12.1 Å². The summed E-state index contributed by atoms with van der Waals surface area (Å²) < 4.78 is 13.0. The summed E-state index contributed by atoms with van der Waals surface area (Å²) in [6.07, 6.45) is 2.49. The topological polar surface area (TPSA) is 24.9 Å². The third-order valence-electron chi connectivity index (χ3n) is 2.24. The molecule has 1 heterocycles. The Hall–Kier alpha value is -0.960. The second-order valence-electron chi connectivity index (χ2n) is 3.57. The average molecular weight is 180 g/mol. The van der Waals surface area contributed by atoms with Crippen LogP contribution in [-0.2, 0) is 6.54 Å². The molecule has 13 heavy (non-hydrogen) atoms. The van der Waals surface area contributed by atoms with Crippen molar-refractivity contribution in [2.75, 3.05) is 0 Å². The third-order valence-corrected chi connectivity index (χ3v) is 2.24. The van der Waals surface area contributed by atoms with E-state index < -0.39 is 0 Å². The Balaban J connectivity index is 1.98. The summed E-state index contributed by atoms with van der Waals surface area (Å²) in [6, 6.07) is 4.28. The maximum Gasteiger partial charge on any atom is 0.216 e. The molecule has 0 bridgehead atoms. The number of nitrogens with zero attached hydrogens (tertiary/aromatic N) is 1. The van der Waals surface area contributed by atoms with Crippen LogP contribution in [0.3, 0.4) is 0 Å². The Morgan fingerprint density at radius 3 is 2.92 bits per heavy atom. The lowest BCUT2D eigenvalue weighted by atomic mass is 10.2. The van der Waals surface area contributed by atoms with Gasteiger partial charge in [-0.3, -0.25) is 0 Å². The first kappa shape index (κ1) is 8.63. The fraction of sp³-hybridized carbons (Fsp3) is 0.500. The van der Waals surface area contributed by atoms with Crippen LogP contribution >= 0.6 is 0 Å². The summed E-state index contributed by atoms with van der Waals surface area (Å²) in [7, 11) is 0. The predicted molar refractivity (Wildman–Crippen MR) is 48.8 cm³/mol. The molecule has 0 spiro atoms. The number of hydrogen-bond acceptors (Lipinski definition) is 2. The average Bonchev–Trinajstić information content (AvgIpc) is 2.91. The van der Waals surface area contributed by atoms with Crippen LogP contribution in [0.2, 0.25) is 0 Å². The lowest BCUT2D eigenvalue weighted by Crippen LogP contribution is -2.16. The first-order chi connectivity index (χ1) is 6.25.